The Morgan fingerprint density at radius 1 is 1.12 bits per heavy atom. The second-order valence-corrected chi connectivity index (χ2v) is 9.70. The number of carbonyl (C=O) groups is 2. The molecule has 2 aromatic rings. The first-order valence-corrected chi connectivity index (χ1v) is 12.2. The van der Waals surface area contributed by atoms with E-state index in [1.165, 1.54) is 12.0 Å². The predicted octanol–water partition coefficient (Wildman–Crippen LogP) is 6.57. The summed E-state index contributed by atoms with van der Waals surface area (Å²) in [4.78, 5) is 26.8. The standard InChI is InChI=1S/C24H23BrCl2N2O4/c1-32-21-10-15(9-20-23(30)29(24(31)28-20)17-5-3-2-4-6-17)18(25)12-22(21)33-13-14-7-8-16(26)11-19(14)27/h7-12,17H,2-6,13H2,1H3,(H,28,31)/b20-9-. The smallest absolute Gasteiger partial charge is 0.329 e. The minimum atomic E-state index is -0.360. The van der Waals surface area contributed by atoms with Gasteiger partial charge in [0.25, 0.3) is 5.91 Å². The predicted molar refractivity (Wildman–Crippen MR) is 132 cm³/mol. The number of ether oxygens (including phenoxy) is 2. The van der Waals surface area contributed by atoms with Crippen LogP contribution in [0.4, 0.5) is 4.79 Å². The van der Waals surface area contributed by atoms with Crippen LogP contribution in [0.1, 0.15) is 43.2 Å². The molecule has 0 spiro atoms. The van der Waals surface area contributed by atoms with Crippen LogP contribution in [0.3, 0.4) is 0 Å². The number of hydrogen-bond acceptors (Lipinski definition) is 4. The first-order chi connectivity index (χ1) is 15.9. The molecule has 9 heteroatoms. The summed E-state index contributed by atoms with van der Waals surface area (Å²) in [6, 6.07) is 8.32. The number of rotatable bonds is 6. The van der Waals surface area contributed by atoms with Gasteiger partial charge in [-0.1, -0.05) is 64.5 Å². The number of carbonyl (C=O) groups excluding carboxylic acids is 2. The van der Waals surface area contributed by atoms with Crippen LogP contribution in [0.25, 0.3) is 6.08 Å². The van der Waals surface area contributed by atoms with E-state index < -0.39 is 0 Å². The SMILES string of the molecule is COc1cc(/C=C2\NC(=O)N(C3CCCCC3)C2=O)c(Br)cc1OCc1ccc(Cl)cc1Cl. The Hall–Kier alpha value is -2.22. The van der Waals surface area contributed by atoms with Crippen molar-refractivity contribution in [3.63, 3.8) is 0 Å². The van der Waals surface area contributed by atoms with Gasteiger partial charge in [-0.15, -0.1) is 0 Å². The van der Waals surface area contributed by atoms with Gasteiger partial charge < -0.3 is 14.8 Å². The summed E-state index contributed by atoms with van der Waals surface area (Å²) in [5.74, 6) is 0.690. The molecule has 1 saturated heterocycles. The van der Waals surface area contributed by atoms with Crippen LogP contribution in [0.5, 0.6) is 11.5 Å². The summed E-state index contributed by atoms with van der Waals surface area (Å²) in [5.41, 5.74) is 1.71. The van der Waals surface area contributed by atoms with Gasteiger partial charge in [-0.3, -0.25) is 9.69 Å². The molecule has 0 bridgehead atoms. The van der Waals surface area contributed by atoms with Crippen LogP contribution in [-0.4, -0.2) is 30.0 Å². The fraction of sp³-hybridized carbons (Fsp3) is 0.333. The number of methoxy groups -OCH3 is 1. The van der Waals surface area contributed by atoms with Crippen LogP contribution in [0, 0.1) is 0 Å². The van der Waals surface area contributed by atoms with E-state index in [9.17, 15) is 9.59 Å². The van der Waals surface area contributed by atoms with Crippen LogP contribution < -0.4 is 14.8 Å². The maximum Gasteiger partial charge on any atom is 0.329 e. The lowest BCUT2D eigenvalue weighted by molar-refractivity contribution is -0.124. The summed E-state index contributed by atoms with van der Waals surface area (Å²) in [6.07, 6.45) is 6.57. The van der Waals surface area contributed by atoms with Gasteiger partial charge in [0.2, 0.25) is 0 Å². The highest BCUT2D eigenvalue weighted by Crippen LogP contribution is 2.36. The summed E-state index contributed by atoms with van der Waals surface area (Å²) >= 11 is 15.7. The first kappa shape index (κ1) is 23.9. The third-order valence-corrected chi connectivity index (χ3v) is 7.10. The number of nitrogens with one attached hydrogen (secondary N) is 1. The number of amides is 3. The molecule has 0 radical (unpaired) electrons. The molecule has 1 N–H and O–H groups in total. The Morgan fingerprint density at radius 3 is 2.58 bits per heavy atom. The largest absolute Gasteiger partial charge is 0.493 e. The van der Waals surface area contributed by atoms with E-state index in [1.54, 1.807) is 36.4 Å². The summed E-state index contributed by atoms with van der Waals surface area (Å²) in [7, 11) is 1.54. The number of urea groups is 1. The molecule has 1 saturated carbocycles. The average molecular weight is 554 g/mol. The molecule has 174 valence electrons. The molecule has 0 atom stereocenters. The van der Waals surface area contributed by atoms with Gasteiger partial charge in [-0.25, -0.2) is 4.79 Å². The van der Waals surface area contributed by atoms with E-state index in [0.29, 0.717) is 31.6 Å². The third kappa shape index (κ3) is 5.31. The van der Waals surface area contributed by atoms with Crippen molar-refractivity contribution in [1.82, 2.24) is 10.2 Å². The molecule has 1 heterocycles. The maximum absolute atomic E-state index is 12.9. The van der Waals surface area contributed by atoms with E-state index in [2.05, 4.69) is 21.2 Å². The highest BCUT2D eigenvalue weighted by molar-refractivity contribution is 9.10. The zero-order valence-electron chi connectivity index (χ0n) is 18.0. The number of benzene rings is 2. The van der Waals surface area contributed by atoms with Crippen LogP contribution >= 0.6 is 39.1 Å². The van der Waals surface area contributed by atoms with E-state index >= 15 is 0 Å². The molecule has 0 aromatic heterocycles. The monoisotopic (exact) mass is 552 g/mol. The second-order valence-electron chi connectivity index (χ2n) is 8.00. The summed E-state index contributed by atoms with van der Waals surface area (Å²) in [6.45, 7) is 0.226. The first-order valence-electron chi connectivity index (χ1n) is 10.7. The molecule has 1 aliphatic carbocycles. The molecular formula is C24H23BrCl2N2O4. The molecule has 2 aliphatic rings. The highest BCUT2D eigenvalue weighted by Gasteiger charge is 2.39. The number of halogens is 3. The Kier molecular flexibility index (Phi) is 7.51. The van der Waals surface area contributed by atoms with Crippen molar-refractivity contribution in [1.29, 1.82) is 0 Å². The highest BCUT2D eigenvalue weighted by atomic mass is 79.9. The van der Waals surface area contributed by atoms with Gasteiger partial charge in [0.15, 0.2) is 11.5 Å². The molecular weight excluding hydrogens is 531 g/mol. The van der Waals surface area contributed by atoms with Crippen molar-refractivity contribution in [2.45, 2.75) is 44.8 Å². The van der Waals surface area contributed by atoms with Crippen molar-refractivity contribution in [2.75, 3.05) is 7.11 Å². The lowest BCUT2D eigenvalue weighted by Gasteiger charge is -2.28. The van der Waals surface area contributed by atoms with Crippen LogP contribution in [0.2, 0.25) is 10.0 Å². The van der Waals surface area contributed by atoms with Gasteiger partial charge >= 0.3 is 6.03 Å². The zero-order valence-corrected chi connectivity index (χ0v) is 21.1. The molecule has 2 fully saturated rings. The molecule has 3 amide bonds. The van der Waals surface area contributed by atoms with Crippen LogP contribution in [-0.2, 0) is 11.4 Å². The molecule has 33 heavy (non-hydrogen) atoms. The van der Waals surface area contributed by atoms with Gasteiger partial charge in [0.05, 0.1) is 7.11 Å². The maximum atomic E-state index is 12.9. The summed E-state index contributed by atoms with van der Waals surface area (Å²) in [5, 5.41) is 3.78. The van der Waals surface area contributed by atoms with E-state index in [-0.39, 0.29) is 30.3 Å². The molecule has 0 unspecified atom stereocenters. The Bertz CT molecular complexity index is 1120. The quantitative estimate of drug-likeness (QED) is 0.324. The van der Waals surface area contributed by atoms with E-state index in [1.807, 2.05) is 0 Å². The third-order valence-electron chi connectivity index (χ3n) is 5.83. The zero-order chi connectivity index (χ0) is 23.5. The average Bonchev–Trinajstić information content (AvgIpc) is 3.08. The van der Waals surface area contributed by atoms with Gasteiger partial charge in [0.1, 0.15) is 12.3 Å². The van der Waals surface area contributed by atoms with Gasteiger partial charge in [0, 0.05) is 26.1 Å². The normalized spacial score (nSPS) is 18.1. The lowest BCUT2D eigenvalue weighted by atomic mass is 9.94. The fourth-order valence-electron chi connectivity index (χ4n) is 4.10. The number of imide groups is 1. The van der Waals surface area contributed by atoms with Crippen molar-refractivity contribution >= 4 is 57.1 Å². The van der Waals surface area contributed by atoms with E-state index in [0.717, 1.165) is 37.7 Å². The van der Waals surface area contributed by atoms with Gasteiger partial charge in [-0.2, -0.15) is 0 Å². The fourth-order valence-corrected chi connectivity index (χ4v) is 5.00. The van der Waals surface area contributed by atoms with Crippen molar-refractivity contribution in [2.24, 2.45) is 0 Å². The van der Waals surface area contributed by atoms with Crippen molar-refractivity contribution in [3.8, 4) is 11.5 Å². The molecule has 6 nitrogen and oxygen atoms in total. The topological polar surface area (TPSA) is 67.9 Å². The Labute approximate surface area is 211 Å². The lowest BCUT2D eigenvalue weighted by Crippen LogP contribution is -2.41. The molecule has 2 aromatic carbocycles. The minimum Gasteiger partial charge on any atom is -0.493 e. The minimum absolute atomic E-state index is 0.0365. The van der Waals surface area contributed by atoms with Crippen LogP contribution in [0.15, 0.2) is 40.5 Å². The van der Waals surface area contributed by atoms with Gasteiger partial charge in [-0.05, 0) is 48.7 Å². The summed E-state index contributed by atoms with van der Waals surface area (Å²) < 4.78 is 12.1. The van der Waals surface area contributed by atoms with Crippen molar-refractivity contribution in [3.05, 3.63) is 61.7 Å². The second kappa shape index (κ2) is 10.4. The molecule has 4 rings (SSSR count). The Morgan fingerprint density at radius 2 is 1.88 bits per heavy atom. The Balaban J connectivity index is 1.54. The number of nitrogens with zero attached hydrogens (tertiary/aromatic N) is 1. The van der Waals surface area contributed by atoms with Crippen molar-refractivity contribution < 1.29 is 19.1 Å². The van der Waals surface area contributed by atoms with E-state index in [4.69, 9.17) is 32.7 Å². The number of hydrogen-bond donors (Lipinski definition) is 1. The molecule has 1 aliphatic heterocycles.